The third-order valence-corrected chi connectivity index (χ3v) is 4.87. The fourth-order valence-electron chi connectivity index (χ4n) is 2.73. The molecule has 4 N–H and O–H groups in total. The molecule has 0 unspecified atom stereocenters. The number of hydrogen-bond donors (Lipinski definition) is 3. The van der Waals surface area contributed by atoms with Crippen LogP contribution in [0.2, 0.25) is 10.0 Å². The van der Waals surface area contributed by atoms with E-state index in [4.69, 9.17) is 32.8 Å². The molecule has 2 radical (unpaired) electrons. The molecule has 0 saturated carbocycles. The molecule has 2 aromatic heterocycles. The quantitative estimate of drug-likeness (QED) is 0.141. The van der Waals surface area contributed by atoms with E-state index in [1.807, 2.05) is 0 Å². The van der Waals surface area contributed by atoms with E-state index in [-0.39, 0.29) is 124 Å². The van der Waals surface area contributed by atoms with E-state index >= 15 is 0 Å². The number of carboxylic acid groups (broad SMARTS) is 1. The Morgan fingerprint density at radius 3 is 1.56 bits per heavy atom. The minimum absolute atomic E-state index is 0. The standard InChI is InChI=1S/C11H8ClFN2O2.C10H5ClFNO3.CH5N.2CH3.I2.2Y/c1-14-11(16)6-5-17-15-10(6)9-7(12)3-2-4-8(9)13;11-6-2-1-3-7(12)8(6)9-5(10(14)15)4-16-13-9;1-2;;;1-2;;/h2-5H,1H3,(H,14,16);1-4H,(H,14,15);2H2,1H3;2*1H3;;;/q;;;2*-1;;;. The van der Waals surface area contributed by atoms with Gasteiger partial charge in [0.05, 0.1) is 21.2 Å². The van der Waals surface area contributed by atoms with Crippen LogP contribution < -0.4 is 11.1 Å². The van der Waals surface area contributed by atoms with Crippen molar-refractivity contribution in [2.45, 2.75) is 0 Å². The number of aromatic carboxylic acids is 1. The first-order chi connectivity index (χ1) is 17.8. The third-order valence-electron chi connectivity index (χ3n) is 4.24. The predicted molar refractivity (Wildman–Crippen MR) is 165 cm³/mol. The second-order valence-corrected chi connectivity index (χ2v) is 7.05. The number of nitrogens with zero attached hydrogens (tertiary/aromatic N) is 2. The summed E-state index contributed by atoms with van der Waals surface area (Å²) in [5.41, 5.74) is 4.37. The van der Waals surface area contributed by atoms with Crippen LogP contribution in [0.3, 0.4) is 0 Å². The van der Waals surface area contributed by atoms with Gasteiger partial charge in [0.1, 0.15) is 46.7 Å². The Labute approximate surface area is 320 Å². The van der Waals surface area contributed by atoms with Crippen molar-refractivity contribution in [2.75, 3.05) is 14.1 Å². The molecule has 0 spiro atoms. The maximum atomic E-state index is 13.7. The Morgan fingerprint density at radius 1 is 0.854 bits per heavy atom. The van der Waals surface area contributed by atoms with E-state index in [0.717, 1.165) is 12.5 Å². The molecule has 2 heterocycles. The van der Waals surface area contributed by atoms with Gasteiger partial charge in [-0.15, -0.1) is 0 Å². The maximum absolute atomic E-state index is 13.7. The first-order valence-electron chi connectivity index (χ1n) is 9.71. The van der Waals surface area contributed by atoms with Crippen LogP contribution in [0.1, 0.15) is 20.7 Å². The van der Waals surface area contributed by atoms with Crippen molar-refractivity contribution in [1.82, 2.24) is 15.6 Å². The normalized spacial score (nSPS) is 8.61. The summed E-state index contributed by atoms with van der Waals surface area (Å²) in [6.07, 6.45) is 2.08. The van der Waals surface area contributed by atoms with Crippen LogP contribution in [0.4, 0.5) is 8.78 Å². The van der Waals surface area contributed by atoms with Crippen LogP contribution in [0, 0.1) is 26.5 Å². The number of carboxylic acids is 1. The molecule has 4 aromatic rings. The topological polar surface area (TPSA) is 144 Å². The summed E-state index contributed by atoms with van der Waals surface area (Å²) in [4.78, 5) is 22.3. The van der Waals surface area contributed by atoms with Gasteiger partial charge in [-0.05, 0) is 31.3 Å². The molecule has 9 nitrogen and oxygen atoms in total. The molecule has 41 heavy (non-hydrogen) atoms. The zero-order valence-electron chi connectivity index (χ0n) is 22.1. The van der Waals surface area contributed by atoms with E-state index in [9.17, 15) is 18.4 Å². The summed E-state index contributed by atoms with van der Waals surface area (Å²) in [6.45, 7) is 0. The van der Waals surface area contributed by atoms with Crippen molar-refractivity contribution in [3.63, 3.8) is 0 Å². The molecule has 0 bridgehead atoms. The van der Waals surface area contributed by atoms with Gasteiger partial charge in [-0.3, -0.25) is 4.79 Å². The largest absolute Gasteiger partial charge is 0.477 e. The Morgan fingerprint density at radius 2 is 1.22 bits per heavy atom. The van der Waals surface area contributed by atoms with Crippen LogP contribution >= 0.6 is 60.4 Å². The number of benzene rings is 2. The van der Waals surface area contributed by atoms with Crippen LogP contribution in [-0.2, 0) is 65.4 Å². The summed E-state index contributed by atoms with van der Waals surface area (Å²) in [5.74, 6) is -2.88. The molecule has 0 aliphatic rings. The van der Waals surface area contributed by atoms with Crippen LogP contribution in [-0.4, -0.2) is 41.4 Å². The SMILES string of the molecule is CN.CNC(=O)c1conc1-c1c(F)cccc1Cl.II.O=C(O)c1conc1-c1c(F)cccc1Cl.[CH3-].[CH3-].[Y].[Y]. The van der Waals surface area contributed by atoms with Crippen molar-refractivity contribution in [2.24, 2.45) is 5.73 Å². The summed E-state index contributed by atoms with van der Waals surface area (Å²) in [7, 11) is 2.96. The predicted octanol–water partition coefficient (Wildman–Crippen LogP) is 7.57. The second kappa shape index (κ2) is 25.2. The summed E-state index contributed by atoms with van der Waals surface area (Å²) in [6, 6.07) is 8.26. The zero-order chi connectivity index (χ0) is 28.1. The van der Waals surface area contributed by atoms with E-state index in [0.29, 0.717) is 0 Å². The van der Waals surface area contributed by atoms with E-state index < -0.39 is 23.5 Å². The summed E-state index contributed by atoms with van der Waals surface area (Å²) >= 11 is 15.9. The molecule has 0 aliphatic heterocycles. The van der Waals surface area contributed by atoms with Gasteiger partial charge in [-0.1, -0.05) is 45.6 Å². The van der Waals surface area contributed by atoms with Crippen LogP contribution in [0.5, 0.6) is 0 Å². The molecule has 220 valence electrons. The van der Waals surface area contributed by atoms with Gasteiger partial charge < -0.3 is 40.1 Å². The van der Waals surface area contributed by atoms with Crippen molar-refractivity contribution in [3.05, 3.63) is 96.6 Å². The third kappa shape index (κ3) is 13.2. The zero-order valence-corrected chi connectivity index (χ0v) is 33.6. The van der Waals surface area contributed by atoms with Crippen molar-refractivity contribution >= 4 is 72.3 Å². The van der Waals surface area contributed by atoms with Crippen LogP contribution in [0.15, 0.2) is 58.0 Å². The second-order valence-electron chi connectivity index (χ2n) is 6.23. The van der Waals surface area contributed by atoms with Gasteiger partial charge in [-0.2, -0.15) is 0 Å². The Hall–Kier alpha value is -0.132. The van der Waals surface area contributed by atoms with Gasteiger partial charge >= 0.3 is 5.97 Å². The number of carbonyl (C=O) groups excluding carboxylic acids is 1. The molecule has 17 heteroatoms. The molecule has 1 amide bonds. The first kappa shape index (κ1) is 47.8. The summed E-state index contributed by atoms with van der Waals surface area (Å²) in [5, 5.41) is 18.6. The molecule has 0 fully saturated rings. The van der Waals surface area contributed by atoms with Crippen molar-refractivity contribution in [3.8, 4) is 22.5 Å². The number of nitrogens with two attached hydrogens (primary N) is 1. The fraction of sp³-hybridized carbons (Fsp3) is 0.0833. The number of aromatic nitrogens is 2. The number of amides is 1. The van der Waals surface area contributed by atoms with Crippen LogP contribution in [0.25, 0.3) is 22.5 Å². The molecule has 0 atom stereocenters. The fourth-order valence-corrected chi connectivity index (χ4v) is 3.23. The first-order valence-corrected chi connectivity index (χ1v) is 16.7. The Bertz CT molecular complexity index is 1310. The minimum atomic E-state index is -1.25. The molecule has 0 saturated heterocycles. The molecule has 0 aliphatic carbocycles. The Balaban J connectivity index is -0.000000274. The van der Waals surface area contributed by atoms with Crippen molar-refractivity contribution in [1.29, 1.82) is 0 Å². The van der Waals surface area contributed by atoms with Gasteiger partial charge in [0.15, 0.2) is 0 Å². The molecule has 2 aromatic carbocycles. The van der Waals surface area contributed by atoms with Gasteiger partial charge in [0.25, 0.3) is 5.91 Å². The van der Waals surface area contributed by atoms with Gasteiger partial charge in [0.2, 0.25) is 0 Å². The number of rotatable bonds is 4. The number of hydrogen-bond acceptors (Lipinski definition) is 7. The molecular formula is C24H24Cl2F2I2N4O5Y2-2. The monoisotopic (exact) mass is 988 g/mol. The average molecular weight is 989 g/mol. The van der Waals surface area contributed by atoms with E-state index in [2.05, 4.69) is 63.1 Å². The van der Waals surface area contributed by atoms with Gasteiger partial charge in [0, 0.05) is 110 Å². The van der Waals surface area contributed by atoms with Gasteiger partial charge in [-0.25, -0.2) is 13.6 Å². The number of carbonyl (C=O) groups is 2. The Kier molecular flexibility index (Phi) is 29.4. The minimum Gasteiger partial charge on any atom is -0.477 e. The number of nitrogens with one attached hydrogen (secondary N) is 1. The van der Waals surface area contributed by atoms with Crippen molar-refractivity contribution < 1.29 is 97.9 Å². The maximum Gasteiger partial charge on any atom is 0.341 e. The van der Waals surface area contributed by atoms with E-state index in [1.165, 1.54) is 50.5 Å². The molecule has 4 rings (SSSR count). The van der Waals surface area contributed by atoms with E-state index in [1.54, 1.807) is 0 Å². The average Bonchev–Trinajstić information content (AvgIpc) is 3.57. The smallest absolute Gasteiger partial charge is 0.341 e. The summed E-state index contributed by atoms with van der Waals surface area (Å²) < 4.78 is 36.4. The number of halogens is 6. The molecular weight excluding hydrogens is 965 g/mol.